The summed E-state index contributed by atoms with van der Waals surface area (Å²) in [6, 6.07) is 26.6. The molecule has 0 atom stereocenters. The summed E-state index contributed by atoms with van der Waals surface area (Å²) in [6.07, 6.45) is 8.63. The summed E-state index contributed by atoms with van der Waals surface area (Å²) in [5, 5.41) is 9.36. The van der Waals surface area contributed by atoms with E-state index in [9.17, 15) is 5.11 Å². The number of benzene rings is 3. The molecule has 4 rings (SSSR count). The zero-order chi connectivity index (χ0) is 26.1. The van der Waals surface area contributed by atoms with Crippen LogP contribution in [0, 0.1) is 18.4 Å². The molecule has 0 aliphatic heterocycles. The summed E-state index contributed by atoms with van der Waals surface area (Å²) < 4.78 is 1.33. The third kappa shape index (κ3) is 12.5. The Labute approximate surface area is 248 Å². The molecule has 0 bridgehead atoms. The summed E-state index contributed by atoms with van der Waals surface area (Å²) in [5.74, 6) is 0.361. The zero-order valence-corrected chi connectivity index (χ0v) is 26.3. The van der Waals surface area contributed by atoms with Crippen LogP contribution < -0.4 is 0 Å². The molecule has 0 aromatic heterocycles. The third-order valence-electron chi connectivity index (χ3n) is 5.56. The van der Waals surface area contributed by atoms with E-state index >= 15 is 0 Å². The quantitative estimate of drug-likeness (QED) is 0.240. The van der Waals surface area contributed by atoms with E-state index in [4.69, 9.17) is 0 Å². The standard InChI is InChI=1S/C13H10.C11H16O.C9H13.2ClH.Ti/c1-3-7-12(8-4-1)11-13-9-5-2-6-10-13;1-8-5-9(11(2,3)4)7-10(12)6-8;1-9(2,3)8-6-4-5-7-8;;;/h1-10H;5-7,12H,1-4H3;4,6H,5H2,1-3H3;2*1H;/q;;-1;;;+1. The van der Waals surface area contributed by atoms with Crippen LogP contribution >= 0.6 is 24.8 Å². The molecule has 0 saturated carbocycles. The number of phenols is 1. The summed E-state index contributed by atoms with van der Waals surface area (Å²) in [7, 11) is 0. The van der Waals surface area contributed by atoms with Crippen LogP contribution in [0.1, 0.15) is 70.2 Å². The van der Waals surface area contributed by atoms with Gasteiger partial charge in [-0.3, -0.25) is 6.08 Å². The van der Waals surface area contributed by atoms with E-state index < -0.39 is 0 Å². The van der Waals surface area contributed by atoms with Crippen molar-refractivity contribution in [2.45, 2.75) is 60.3 Å². The van der Waals surface area contributed by atoms with Crippen molar-refractivity contribution >= 4 is 28.6 Å². The number of hydrogen-bond acceptors (Lipinski definition) is 1. The van der Waals surface area contributed by atoms with Gasteiger partial charge in [0, 0.05) is 0 Å². The molecule has 37 heavy (non-hydrogen) atoms. The van der Waals surface area contributed by atoms with Gasteiger partial charge in [-0.15, -0.1) is 31.2 Å². The van der Waals surface area contributed by atoms with Crippen LogP contribution in [-0.2, 0) is 25.4 Å². The van der Waals surface area contributed by atoms with Crippen LogP contribution in [0.3, 0.4) is 0 Å². The van der Waals surface area contributed by atoms with E-state index in [1.165, 1.54) is 26.1 Å². The first kappa shape index (κ1) is 35.1. The fraction of sp³-hybridized carbons (Fsp3) is 0.303. The predicted molar refractivity (Wildman–Crippen MR) is 162 cm³/mol. The molecule has 3 aromatic rings. The molecule has 0 spiro atoms. The first-order valence-electron chi connectivity index (χ1n) is 12.2. The van der Waals surface area contributed by atoms with Gasteiger partial charge in [-0.1, -0.05) is 47.6 Å². The average Bonchev–Trinajstić information content (AvgIpc) is 3.35. The van der Waals surface area contributed by atoms with Gasteiger partial charge in [0.25, 0.3) is 0 Å². The molecule has 197 valence electrons. The molecule has 1 N–H and O–H groups in total. The SMILES string of the molecule is CC(C)(C)C1=[C-]CC=C1.Cc1cc(O)cc(C(C)(C)C)c1.Cl.Cl.[Ti+]=[C](c1ccccc1)c1ccccc1. The van der Waals surface area contributed by atoms with Crippen LogP contribution in [-0.4, -0.2) is 8.92 Å². The first-order valence-corrected chi connectivity index (χ1v) is 12.9. The number of phenolic OH excluding ortho intramolecular Hbond substituents is 1. The van der Waals surface area contributed by atoms with Gasteiger partial charge in [0.05, 0.1) is 0 Å². The summed E-state index contributed by atoms with van der Waals surface area (Å²) in [4.78, 5) is 0. The number of rotatable bonds is 2. The average molecular weight is 572 g/mol. The van der Waals surface area contributed by atoms with E-state index in [0.29, 0.717) is 11.2 Å². The van der Waals surface area contributed by atoms with Gasteiger partial charge in [0.2, 0.25) is 0 Å². The molecule has 0 amide bonds. The number of halogens is 2. The Kier molecular flexibility index (Phi) is 15.3. The van der Waals surface area contributed by atoms with Gasteiger partial charge in [-0.2, -0.15) is 6.08 Å². The van der Waals surface area contributed by atoms with Crippen molar-refractivity contribution in [1.29, 1.82) is 0 Å². The van der Waals surface area contributed by atoms with Gasteiger partial charge >= 0.3 is 95.6 Å². The summed E-state index contributed by atoms with van der Waals surface area (Å²) in [5.41, 5.74) is 6.64. The van der Waals surface area contributed by atoms with Gasteiger partial charge in [-0.05, 0) is 41.0 Å². The summed E-state index contributed by atoms with van der Waals surface area (Å²) >= 11 is 2.16. The van der Waals surface area contributed by atoms with E-state index in [2.05, 4.69) is 134 Å². The Morgan fingerprint density at radius 1 is 0.757 bits per heavy atom. The van der Waals surface area contributed by atoms with E-state index in [0.717, 1.165) is 12.0 Å². The summed E-state index contributed by atoms with van der Waals surface area (Å²) in [6.45, 7) is 15.1. The normalized spacial score (nSPS) is 12.0. The molecule has 0 fully saturated rings. The molecule has 4 heteroatoms. The third-order valence-corrected chi connectivity index (χ3v) is 6.46. The Balaban J connectivity index is 0.000000523. The van der Waals surface area contributed by atoms with Crippen molar-refractivity contribution in [3.63, 3.8) is 0 Å². The second-order valence-corrected chi connectivity index (χ2v) is 11.6. The minimum absolute atomic E-state index is 0. The van der Waals surface area contributed by atoms with Crippen LogP contribution in [0.4, 0.5) is 0 Å². The minimum atomic E-state index is 0. The van der Waals surface area contributed by atoms with Gasteiger partial charge in [-0.25, -0.2) is 11.6 Å². The van der Waals surface area contributed by atoms with Crippen LogP contribution in [0.15, 0.2) is 96.6 Å². The molecule has 0 radical (unpaired) electrons. The van der Waals surface area contributed by atoms with Crippen LogP contribution in [0.5, 0.6) is 5.75 Å². The number of aromatic hydroxyl groups is 1. The second-order valence-electron chi connectivity index (χ2n) is 10.9. The molecule has 0 unspecified atom stereocenters. The maximum absolute atomic E-state index is 9.36. The molecule has 0 heterocycles. The fourth-order valence-electron chi connectivity index (χ4n) is 3.49. The zero-order valence-electron chi connectivity index (χ0n) is 23.1. The Morgan fingerprint density at radius 2 is 1.24 bits per heavy atom. The van der Waals surface area contributed by atoms with Crippen molar-refractivity contribution in [3.8, 4) is 5.75 Å². The topological polar surface area (TPSA) is 20.2 Å². The van der Waals surface area contributed by atoms with Crippen molar-refractivity contribution in [1.82, 2.24) is 0 Å². The van der Waals surface area contributed by atoms with E-state index in [-0.39, 0.29) is 30.2 Å². The van der Waals surface area contributed by atoms with Crippen molar-refractivity contribution in [2.24, 2.45) is 5.41 Å². The Hall–Kier alpha value is -1.90. The second kappa shape index (κ2) is 16.2. The Bertz CT molecular complexity index is 1090. The van der Waals surface area contributed by atoms with Crippen LogP contribution in [0.25, 0.3) is 0 Å². The predicted octanol–water partition coefficient (Wildman–Crippen LogP) is 9.37. The Morgan fingerprint density at radius 3 is 1.57 bits per heavy atom. The van der Waals surface area contributed by atoms with Gasteiger partial charge in [0.1, 0.15) is 5.75 Å². The van der Waals surface area contributed by atoms with Crippen molar-refractivity contribution in [2.75, 3.05) is 0 Å². The molecular weight excluding hydrogens is 531 g/mol. The first-order chi connectivity index (χ1) is 16.4. The molecule has 1 nitrogen and oxygen atoms in total. The monoisotopic (exact) mass is 571 g/mol. The molecule has 0 saturated heterocycles. The van der Waals surface area contributed by atoms with Gasteiger partial charge in [0.15, 0.2) is 0 Å². The van der Waals surface area contributed by atoms with Crippen molar-refractivity contribution < 1.29 is 25.1 Å². The van der Waals surface area contributed by atoms with Gasteiger partial charge < -0.3 is 5.11 Å². The maximum atomic E-state index is 9.36. The van der Waals surface area contributed by atoms with E-state index in [1.807, 2.05) is 25.1 Å². The van der Waals surface area contributed by atoms with Crippen LogP contribution in [0.2, 0.25) is 0 Å². The number of allylic oxidation sites excluding steroid dienone is 4. The fourth-order valence-corrected chi connectivity index (χ4v) is 4.01. The molecule has 1 aliphatic carbocycles. The van der Waals surface area contributed by atoms with Crippen molar-refractivity contribution in [3.05, 3.63) is 125 Å². The van der Waals surface area contributed by atoms with E-state index in [1.54, 1.807) is 6.07 Å². The molecule has 1 aliphatic rings. The molecular formula is C33H41Cl2OTi. The number of hydrogen-bond donors (Lipinski definition) is 1. The molecule has 3 aromatic carbocycles. The number of aryl methyl sites for hydroxylation is 1.